The molecule has 1 aromatic heterocycles. The number of carbonyl (C=O) groups is 1. The molecule has 0 aliphatic carbocycles. The van der Waals surface area contributed by atoms with E-state index in [4.69, 9.17) is 4.42 Å². The van der Waals surface area contributed by atoms with E-state index in [1.165, 1.54) is 5.56 Å². The van der Waals surface area contributed by atoms with Gasteiger partial charge in [-0.05, 0) is 37.6 Å². The largest absolute Gasteiger partial charge is 0.468 e. The van der Waals surface area contributed by atoms with Gasteiger partial charge in [0.05, 0.1) is 17.8 Å². The van der Waals surface area contributed by atoms with Gasteiger partial charge in [0.25, 0.3) is 0 Å². The second-order valence-corrected chi connectivity index (χ2v) is 5.42. The van der Waals surface area contributed by atoms with Gasteiger partial charge in [-0.2, -0.15) is 0 Å². The van der Waals surface area contributed by atoms with E-state index in [0.717, 1.165) is 17.0 Å². The van der Waals surface area contributed by atoms with Crippen LogP contribution in [0.25, 0.3) is 0 Å². The first-order valence-corrected chi connectivity index (χ1v) is 7.28. The normalized spacial score (nSPS) is 10.4. The summed E-state index contributed by atoms with van der Waals surface area (Å²) in [6.45, 7) is 4.04. The Morgan fingerprint density at radius 2 is 2.16 bits per heavy atom. The molecule has 1 heterocycles. The van der Waals surface area contributed by atoms with E-state index in [-0.39, 0.29) is 5.91 Å². The maximum Gasteiger partial charge on any atom is 0.234 e. The maximum atomic E-state index is 11.8. The second-order valence-electron chi connectivity index (χ2n) is 4.44. The van der Waals surface area contributed by atoms with Crippen LogP contribution in [-0.2, 0) is 10.5 Å². The summed E-state index contributed by atoms with van der Waals surface area (Å²) in [5, 5.41) is 2.93. The van der Waals surface area contributed by atoms with Crippen LogP contribution in [0.3, 0.4) is 0 Å². The van der Waals surface area contributed by atoms with Crippen LogP contribution in [0.2, 0.25) is 0 Å². The molecule has 4 heteroatoms. The molecule has 0 aliphatic heterocycles. The molecule has 0 fully saturated rings. The Morgan fingerprint density at radius 3 is 2.84 bits per heavy atom. The highest BCUT2D eigenvalue weighted by molar-refractivity contribution is 7.99. The zero-order valence-corrected chi connectivity index (χ0v) is 11.9. The molecule has 19 heavy (non-hydrogen) atoms. The average molecular weight is 275 g/mol. The van der Waals surface area contributed by atoms with Crippen LogP contribution >= 0.6 is 11.8 Å². The van der Waals surface area contributed by atoms with Crippen molar-refractivity contribution in [1.29, 1.82) is 0 Å². The molecule has 1 amide bonds. The molecule has 1 aromatic carbocycles. The summed E-state index contributed by atoms with van der Waals surface area (Å²) >= 11 is 1.54. The van der Waals surface area contributed by atoms with Crippen LogP contribution in [0.4, 0.5) is 5.69 Å². The number of carbonyl (C=O) groups excluding carboxylic acids is 1. The zero-order chi connectivity index (χ0) is 13.7. The molecule has 100 valence electrons. The van der Waals surface area contributed by atoms with Gasteiger partial charge in [-0.1, -0.05) is 17.7 Å². The van der Waals surface area contributed by atoms with Gasteiger partial charge in [0.15, 0.2) is 0 Å². The van der Waals surface area contributed by atoms with Crippen molar-refractivity contribution in [3.63, 3.8) is 0 Å². The van der Waals surface area contributed by atoms with Crippen LogP contribution in [-0.4, -0.2) is 11.7 Å². The molecule has 0 saturated heterocycles. The Kier molecular flexibility index (Phi) is 4.68. The van der Waals surface area contributed by atoms with Gasteiger partial charge in [-0.3, -0.25) is 4.79 Å². The van der Waals surface area contributed by atoms with E-state index in [1.54, 1.807) is 18.0 Å². The number of thioether (sulfide) groups is 1. The molecule has 2 aromatic rings. The van der Waals surface area contributed by atoms with Crippen molar-refractivity contribution >= 4 is 23.4 Å². The fraction of sp³-hybridized carbons (Fsp3) is 0.267. The third-order valence-corrected chi connectivity index (χ3v) is 3.67. The summed E-state index contributed by atoms with van der Waals surface area (Å²) in [6.07, 6.45) is 1.64. The predicted octanol–water partition coefficient (Wildman–Crippen LogP) is 3.77. The first-order chi connectivity index (χ1) is 9.15. The number of hydrogen-bond donors (Lipinski definition) is 1. The van der Waals surface area contributed by atoms with Crippen LogP contribution in [0.15, 0.2) is 41.0 Å². The molecular formula is C15H17NO2S. The van der Waals surface area contributed by atoms with Crippen molar-refractivity contribution in [3.8, 4) is 0 Å². The predicted molar refractivity (Wildman–Crippen MR) is 79.4 cm³/mol. The summed E-state index contributed by atoms with van der Waals surface area (Å²) < 4.78 is 5.21. The lowest BCUT2D eigenvalue weighted by Crippen LogP contribution is -2.15. The van der Waals surface area contributed by atoms with Crippen LogP contribution in [0.5, 0.6) is 0 Å². The average Bonchev–Trinajstić information content (AvgIpc) is 2.86. The van der Waals surface area contributed by atoms with Crippen molar-refractivity contribution in [2.24, 2.45) is 0 Å². The number of hydrogen-bond acceptors (Lipinski definition) is 3. The van der Waals surface area contributed by atoms with Gasteiger partial charge in [-0.15, -0.1) is 11.8 Å². The van der Waals surface area contributed by atoms with Gasteiger partial charge in [0.2, 0.25) is 5.91 Å². The first-order valence-electron chi connectivity index (χ1n) is 6.12. The summed E-state index contributed by atoms with van der Waals surface area (Å²) in [4.78, 5) is 11.8. The number of furan rings is 1. The minimum Gasteiger partial charge on any atom is -0.468 e. The molecule has 1 N–H and O–H groups in total. The highest BCUT2D eigenvalue weighted by atomic mass is 32.2. The molecule has 0 atom stereocenters. The number of aryl methyl sites for hydroxylation is 2. The smallest absolute Gasteiger partial charge is 0.234 e. The highest BCUT2D eigenvalue weighted by Gasteiger charge is 2.05. The van der Waals surface area contributed by atoms with Crippen molar-refractivity contribution in [2.75, 3.05) is 11.1 Å². The molecule has 0 saturated carbocycles. The van der Waals surface area contributed by atoms with Gasteiger partial charge in [0.1, 0.15) is 5.76 Å². The maximum absolute atomic E-state index is 11.8. The topological polar surface area (TPSA) is 42.2 Å². The Labute approximate surface area is 117 Å². The standard InChI is InChI=1S/C15H17NO2S/c1-11-5-6-14(12(2)8-11)16-15(17)10-19-9-13-4-3-7-18-13/h3-8H,9-10H2,1-2H3,(H,16,17). The molecule has 0 radical (unpaired) electrons. The number of amides is 1. The lowest BCUT2D eigenvalue weighted by molar-refractivity contribution is -0.113. The molecule has 0 spiro atoms. The van der Waals surface area contributed by atoms with Crippen molar-refractivity contribution in [3.05, 3.63) is 53.5 Å². The van der Waals surface area contributed by atoms with E-state index >= 15 is 0 Å². The van der Waals surface area contributed by atoms with E-state index in [2.05, 4.69) is 11.4 Å². The SMILES string of the molecule is Cc1ccc(NC(=O)CSCc2ccco2)c(C)c1. The summed E-state index contributed by atoms with van der Waals surface area (Å²) in [5.74, 6) is 2.05. The molecule has 0 unspecified atom stereocenters. The Bertz CT molecular complexity index is 549. The van der Waals surface area contributed by atoms with E-state index < -0.39 is 0 Å². The monoisotopic (exact) mass is 275 g/mol. The number of nitrogens with one attached hydrogen (secondary N) is 1. The molecule has 3 nitrogen and oxygen atoms in total. The van der Waals surface area contributed by atoms with Crippen LogP contribution in [0.1, 0.15) is 16.9 Å². The minimum atomic E-state index is 0.0171. The Hall–Kier alpha value is -1.68. The highest BCUT2D eigenvalue weighted by Crippen LogP contribution is 2.17. The number of benzene rings is 1. The fourth-order valence-electron chi connectivity index (χ4n) is 1.78. The van der Waals surface area contributed by atoms with Crippen molar-refractivity contribution in [2.45, 2.75) is 19.6 Å². The molecule has 0 bridgehead atoms. The molecule has 2 rings (SSSR count). The number of rotatable bonds is 5. The van der Waals surface area contributed by atoms with Gasteiger partial charge in [-0.25, -0.2) is 0 Å². The van der Waals surface area contributed by atoms with E-state index in [0.29, 0.717) is 11.5 Å². The number of anilines is 1. The second kappa shape index (κ2) is 6.48. The quantitative estimate of drug-likeness (QED) is 0.903. The van der Waals surface area contributed by atoms with Gasteiger partial charge in [0, 0.05) is 5.69 Å². The Morgan fingerprint density at radius 1 is 1.32 bits per heavy atom. The van der Waals surface area contributed by atoms with Gasteiger partial charge < -0.3 is 9.73 Å². The lowest BCUT2D eigenvalue weighted by atomic mass is 10.1. The molecular weight excluding hydrogens is 258 g/mol. The first kappa shape index (κ1) is 13.7. The van der Waals surface area contributed by atoms with E-state index in [1.807, 2.05) is 38.1 Å². The fourth-order valence-corrected chi connectivity index (χ4v) is 2.50. The lowest BCUT2D eigenvalue weighted by Gasteiger charge is -2.08. The minimum absolute atomic E-state index is 0.0171. The van der Waals surface area contributed by atoms with Crippen LogP contribution < -0.4 is 5.32 Å². The van der Waals surface area contributed by atoms with Crippen molar-refractivity contribution < 1.29 is 9.21 Å². The molecule has 0 aliphatic rings. The summed E-state index contributed by atoms with van der Waals surface area (Å²) in [5.41, 5.74) is 3.17. The van der Waals surface area contributed by atoms with Crippen molar-refractivity contribution in [1.82, 2.24) is 0 Å². The van der Waals surface area contributed by atoms with Gasteiger partial charge >= 0.3 is 0 Å². The van der Waals surface area contributed by atoms with Crippen LogP contribution in [0, 0.1) is 13.8 Å². The van der Waals surface area contributed by atoms with E-state index in [9.17, 15) is 4.79 Å². The summed E-state index contributed by atoms with van der Waals surface area (Å²) in [7, 11) is 0. The summed E-state index contributed by atoms with van der Waals surface area (Å²) in [6, 6.07) is 9.77. The Balaban J connectivity index is 1.80. The third-order valence-electron chi connectivity index (χ3n) is 2.71. The zero-order valence-electron chi connectivity index (χ0n) is 11.1. The third kappa shape index (κ3) is 4.17.